The Morgan fingerprint density at radius 1 is 1.12 bits per heavy atom. The second-order valence-corrected chi connectivity index (χ2v) is 9.99. The van der Waals surface area contributed by atoms with E-state index in [9.17, 15) is 21.6 Å². The number of rotatable bonds is 6. The number of hydrogen-bond donors (Lipinski definition) is 1. The van der Waals surface area contributed by atoms with Crippen molar-refractivity contribution >= 4 is 26.6 Å². The minimum atomic E-state index is -4.43. The third kappa shape index (κ3) is 4.20. The number of fused-ring (bicyclic) bond motifs is 1. The minimum absolute atomic E-state index is 0.0726. The van der Waals surface area contributed by atoms with Crippen molar-refractivity contribution in [3.05, 3.63) is 60.4 Å². The molecule has 0 atom stereocenters. The predicted molar refractivity (Wildman–Crippen MR) is 119 cm³/mol. The number of benzene rings is 2. The zero-order chi connectivity index (χ0) is 23.4. The van der Waals surface area contributed by atoms with Crippen LogP contribution in [0.4, 0.5) is 18.9 Å². The molecule has 1 saturated carbocycles. The molecule has 1 aliphatic carbocycles. The van der Waals surface area contributed by atoms with E-state index in [-0.39, 0.29) is 5.75 Å². The minimum Gasteiger partial charge on any atom is -0.284 e. The van der Waals surface area contributed by atoms with E-state index < -0.39 is 21.8 Å². The topological polar surface area (TPSA) is 81.8 Å². The third-order valence-corrected chi connectivity index (χ3v) is 6.88. The Kier molecular flexibility index (Phi) is 4.96. The van der Waals surface area contributed by atoms with Crippen molar-refractivity contribution in [3.8, 4) is 16.9 Å². The van der Waals surface area contributed by atoms with Gasteiger partial charge in [0.1, 0.15) is 5.69 Å². The molecule has 11 heteroatoms. The number of anilines is 1. The SMILES string of the molecule is CCS(=O)(=O)Nc1ccc2c(c1)c(-c1cnn(C3CC3)c1)nn2-c1ccc(C(F)(F)F)cc1. The number of aromatic nitrogens is 4. The van der Waals surface area contributed by atoms with Gasteiger partial charge in [-0.05, 0) is 62.2 Å². The molecule has 33 heavy (non-hydrogen) atoms. The van der Waals surface area contributed by atoms with Gasteiger partial charge in [0.05, 0.1) is 34.8 Å². The number of halogens is 3. The van der Waals surface area contributed by atoms with Crippen LogP contribution < -0.4 is 4.72 Å². The summed E-state index contributed by atoms with van der Waals surface area (Å²) in [6, 6.07) is 10.1. The number of nitrogens with zero attached hydrogens (tertiary/aromatic N) is 4. The molecule has 0 aliphatic heterocycles. The van der Waals surface area contributed by atoms with Crippen molar-refractivity contribution in [2.24, 2.45) is 0 Å². The maximum absolute atomic E-state index is 13.0. The average Bonchev–Trinajstić information content (AvgIpc) is 3.39. The lowest BCUT2D eigenvalue weighted by Crippen LogP contribution is -2.14. The van der Waals surface area contributed by atoms with Crippen molar-refractivity contribution in [1.29, 1.82) is 0 Å². The van der Waals surface area contributed by atoms with Crippen LogP contribution in [0, 0.1) is 0 Å². The standard InChI is InChI=1S/C22H20F3N5O2S/c1-2-33(31,32)28-16-5-10-20-19(11-16)21(14-12-26-29(13-14)17-8-9-17)27-30(20)18-6-3-15(4-7-18)22(23,24)25/h3-7,10-13,17,28H,2,8-9H2,1H3. The number of sulfonamides is 1. The monoisotopic (exact) mass is 475 g/mol. The molecule has 0 unspecified atom stereocenters. The summed E-state index contributed by atoms with van der Waals surface area (Å²) in [5.74, 6) is -0.0726. The van der Waals surface area contributed by atoms with E-state index in [1.165, 1.54) is 12.1 Å². The highest BCUT2D eigenvalue weighted by Gasteiger charge is 2.30. The molecule has 0 bridgehead atoms. The molecule has 172 valence electrons. The normalized spacial score (nSPS) is 14.7. The van der Waals surface area contributed by atoms with E-state index in [1.54, 1.807) is 36.0 Å². The van der Waals surface area contributed by atoms with Gasteiger partial charge < -0.3 is 0 Å². The quantitative estimate of drug-likeness (QED) is 0.425. The highest BCUT2D eigenvalue weighted by molar-refractivity contribution is 7.92. The first-order valence-electron chi connectivity index (χ1n) is 10.4. The predicted octanol–water partition coefficient (Wildman–Crippen LogP) is 5.00. The van der Waals surface area contributed by atoms with Crippen molar-refractivity contribution in [1.82, 2.24) is 19.6 Å². The molecule has 0 radical (unpaired) electrons. The van der Waals surface area contributed by atoms with Crippen molar-refractivity contribution < 1.29 is 21.6 Å². The summed E-state index contributed by atoms with van der Waals surface area (Å²) in [6.45, 7) is 1.54. The fourth-order valence-electron chi connectivity index (χ4n) is 3.63. The first kappa shape index (κ1) is 21.5. The Morgan fingerprint density at radius 3 is 2.48 bits per heavy atom. The second-order valence-electron chi connectivity index (χ2n) is 7.98. The van der Waals surface area contributed by atoms with E-state index in [0.29, 0.717) is 34.0 Å². The zero-order valence-electron chi connectivity index (χ0n) is 17.5. The first-order valence-corrected chi connectivity index (χ1v) is 12.1. The fraction of sp³-hybridized carbons (Fsp3) is 0.273. The van der Waals surface area contributed by atoms with Crippen LogP contribution in [0.15, 0.2) is 54.9 Å². The van der Waals surface area contributed by atoms with E-state index in [4.69, 9.17) is 0 Å². The molecule has 0 saturated heterocycles. The van der Waals surface area contributed by atoms with Crippen LogP contribution >= 0.6 is 0 Å². The Balaban J connectivity index is 1.64. The lowest BCUT2D eigenvalue weighted by molar-refractivity contribution is -0.137. The summed E-state index contributed by atoms with van der Waals surface area (Å²) in [7, 11) is -3.48. The third-order valence-electron chi connectivity index (χ3n) is 5.57. The molecule has 2 aromatic carbocycles. The van der Waals surface area contributed by atoms with Gasteiger partial charge in [0.2, 0.25) is 10.0 Å². The summed E-state index contributed by atoms with van der Waals surface area (Å²) >= 11 is 0. The second kappa shape index (κ2) is 7.62. The first-order chi connectivity index (χ1) is 15.6. The largest absolute Gasteiger partial charge is 0.416 e. The molecule has 1 N–H and O–H groups in total. The van der Waals surface area contributed by atoms with Gasteiger partial charge >= 0.3 is 6.18 Å². The maximum Gasteiger partial charge on any atom is 0.416 e. The van der Waals surface area contributed by atoms with Gasteiger partial charge in [0.25, 0.3) is 0 Å². The lowest BCUT2D eigenvalue weighted by Gasteiger charge is -2.09. The lowest BCUT2D eigenvalue weighted by atomic mass is 10.1. The van der Waals surface area contributed by atoms with Crippen LogP contribution in [-0.4, -0.2) is 33.7 Å². The molecule has 0 spiro atoms. The molecular formula is C22H20F3N5O2S. The number of nitrogens with one attached hydrogen (secondary N) is 1. The van der Waals surface area contributed by atoms with Crippen LogP contribution in [-0.2, 0) is 16.2 Å². The summed E-state index contributed by atoms with van der Waals surface area (Å²) in [5, 5.41) is 9.74. The molecule has 1 fully saturated rings. The van der Waals surface area contributed by atoms with Crippen LogP contribution in [0.3, 0.4) is 0 Å². The van der Waals surface area contributed by atoms with Crippen molar-refractivity contribution in [2.45, 2.75) is 32.0 Å². The van der Waals surface area contributed by atoms with Gasteiger partial charge in [-0.15, -0.1) is 0 Å². The fourth-order valence-corrected chi connectivity index (χ4v) is 4.26. The van der Waals surface area contributed by atoms with Gasteiger partial charge in [-0.1, -0.05) is 0 Å². The van der Waals surface area contributed by atoms with Crippen molar-refractivity contribution in [2.75, 3.05) is 10.5 Å². The molecule has 5 rings (SSSR count). The molecule has 2 aromatic heterocycles. The van der Waals surface area contributed by atoms with Gasteiger partial charge in [-0.25, -0.2) is 13.1 Å². The Labute approximate surface area is 187 Å². The summed E-state index contributed by atoms with van der Waals surface area (Å²) in [4.78, 5) is 0. The van der Waals surface area contributed by atoms with Gasteiger partial charge in [0.15, 0.2) is 0 Å². The van der Waals surface area contributed by atoms with Gasteiger partial charge in [-0.2, -0.15) is 23.4 Å². The van der Waals surface area contributed by atoms with Crippen molar-refractivity contribution in [3.63, 3.8) is 0 Å². The van der Waals surface area contributed by atoms with E-state index in [1.807, 2.05) is 10.9 Å². The molecular weight excluding hydrogens is 455 g/mol. The van der Waals surface area contributed by atoms with E-state index >= 15 is 0 Å². The van der Waals surface area contributed by atoms with Crippen LogP contribution in [0.1, 0.15) is 31.4 Å². The van der Waals surface area contributed by atoms with Gasteiger partial charge in [-0.3, -0.25) is 9.40 Å². The molecule has 2 heterocycles. The molecule has 1 aliphatic rings. The highest BCUT2D eigenvalue weighted by atomic mass is 32.2. The number of hydrogen-bond acceptors (Lipinski definition) is 4. The zero-order valence-corrected chi connectivity index (χ0v) is 18.4. The highest BCUT2D eigenvalue weighted by Crippen LogP contribution is 2.37. The Morgan fingerprint density at radius 2 is 1.85 bits per heavy atom. The molecule has 4 aromatic rings. The average molecular weight is 475 g/mol. The van der Waals surface area contributed by atoms with Gasteiger partial charge in [0, 0.05) is 22.8 Å². The summed E-state index contributed by atoms with van der Waals surface area (Å²) < 4.78 is 69.0. The van der Waals surface area contributed by atoms with Crippen LogP contribution in [0.25, 0.3) is 27.8 Å². The van der Waals surface area contributed by atoms with E-state index in [2.05, 4.69) is 14.9 Å². The van der Waals surface area contributed by atoms with E-state index in [0.717, 1.165) is 30.5 Å². The molecule has 7 nitrogen and oxygen atoms in total. The smallest absolute Gasteiger partial charge is 0.284 e. The summed E-state index contributed by atoms with van der Waals surface area (Å²) in [5.41, 5.74) is 2.03. The van der Waals surface area contributed by atoms with Crippen LogP contribution in [0.5, 0.6) is 0 Å². The maximum atomic E-state index is 13.0. The molecule has 0 amide bonds. The summed E-state index contributed by atoms with van der Waals surface area (Å²) in [6.07, 6.45) is 1.27. The number of alkyl halides is 3. The van der Waals surface area contributed by atoms with Crippen LogP contribution in [0.2, 0.25) is 0 Å². The Hall–Kier alpha value is -3.34. The Bertz CT molecular complexity index is 1440.